The van der Waals surface area contributed by atoms with Crippen LogP contribution in [0.3, 0.4) is 0 Å². The fraction of sp³-hybridized carbons (Fsp3) is 0.333. The lowest BCUT2D eigenvalue weighted by molar-refractivity contribution is 1.08. The molecule has 0 saturated heterocycles. The molecule has 1 aromatic heterocycles. The number of aryl methyl sites for hydroxylation is 2. The minimum Gasteiger partial charge on any atom is -0.143 e. The maximum Gasteiger partial charge on any atom is 0.0388 e. The van der Waals surface area contributed by atoms with E-state index in [9.17, 15) is 0 Å². The molecule has 1 aromatic carbocycles. The Morgan fingerprint density at radius 1 is 1.29 bits per heavy atom. The molecule has 0 spiro atoms. The van der Waals surface area contributed by atoms with Gasteiger partial charge in [0.25, 0.3) is 0 Å². The van der Waals surface area contributed by atoms with Gasteiger partial charge >= 0.3 is 0 Å². The minimum atomic E-state index is 1.07. The van der Waals surface area contributed by atoms with Gasteiger partial charge in [-0.25, -0.2) is 0 Å². The highest BCUT2D eigenvalue weighted by molar-refractivity contribution is 7.80. The van der Waals surface area contributed by atoms with E-state index >= 15 is 0 Å². The van der Waals surface area contributed by atoms with Crippen LogP contribution in [0.1, 0.15) is 25.0 Å². The number of fused-ring (bicyclic) bond motifs is 1. The highest BCUT2D eigenvalue weighted by Gasteiger charge is 2.08. The molecule has 1 heterocycles. The standard InChI is InChI=1S/C12H14S2/c1-3-8-7-11(13)9(4-2)12-10(8)5-6-14-12/h5-7,13H,3-4H2,1-2H3. The Morgan fingerprint density at radius 2 is 2.07 bits per heavy atom. The van der Waals surface area contributed by atoms with Crippen LogP contribution in [0.25, 0.3) is 10.1 Å². The van der Waals surface area contributed by atoms with Crippen LogP contribution in [-0.2, 0) is 12.8 Å². The van der Waals surface area contributed by atoms with E-state index in [1.165, 1.54) is 21.2 Å². The normalized spacial score (nSPS) is 11.1. The van der Waals surface area contributed by atoms with E-state index in [0.29, 0.717) is 0 Å². The van der Waals surface area contributed by atoms with Crippen molar-refractivity contribution in [1.29, 1.82) is 0 Å². The Morgan fingerprint density at radius 3 is 2.71 bits per heavy atom. The molecular weight excluding hydrogens is 208 g/mol. The summed E-state index contributed by atoms with van der Waals surface area (Å²) in [4.78, 5) is 1.15. The van der Waals surface area contributed by atoms with Crippen molar-refractivity contribution in [2.75, 3.05) is 0 Å². The van der Waals surface area contributed by atoms with Crippen molar-refractivity contribution in [3.63, 3.8) is 0 Å². The summed E-state index contributed by atoms with van der Waals surface area (Å²) in [6.07, 6.45) is 2.16. The molecule has 0 aliphatic heterocycles. The summed E-state index contributed by atoms with van der Waals surface area (Å²) in [5.74, 6) is 0. The number of hydrogen-bond acceptors (Lipinski definition) is 2. The predicted molar refractivity (Wildman–Crippen MR) is 67.8 cm³/mol. The lowest BCUT2D eigenvalue weighted by Gasteiger charge is -2.07. The lowest BCUT2D eigenvalue weighted by Crippen LogP contribution is -1.88. The summed E-state index contributed by atoms with van der Waals surface area (Å²) < 4.78 is 1.43. The Bertz CT molecular complexity index is 455. The fourth-order valence-electron chi connectivity index (χ4n) is 1.88. The Balaban J connectivity index is 2.81. The first-order valence-electron chi connectivity index (χ1n) is 4.98. The van der Waals surface area contributed by atoms with Crippen LogP contribution in [0.4, 0.5) is 0 Å². The molecule has 0 N–H and O–H groups in total. The van der Waals surface area contributed by atoms with Gasteiger partial charge in [0.1, 0.15) is 0 Å². The van der Waals surface area contributed by atoms with Crippen LogP contribution in [0.5, 0.6) is 0 Å². The largest absolute Gasteiger partial charge is 0.143 e. The van der Waals surface area contributed by atoms with Gasteiger partial charge in [0.05, 0.1) is 0 Å². The van der Waals surface area contributed by atoms with Gasteiger partial charge in [-0.2, -0.15) is 0 Å². The van der Waals surface area contributed by atoms with Gasteiger partial charge in [-0.1, -0.05) is 13.8 Å². The second kappa shape index (κ2) is 3.95. The van der Waals surface area contributed by atoms with Crippen LogP contribution in [0.15, 0.2) is 22.4 Å². The minimum absolute atomic E-state index is 1.07. The van der Waals surface area contributed by atoms with Crippen molar-refractivity contribution >= 4 is 34.1 Å². The van der Waals surface area contributed by atoms with E-state index in [0.717, 1.165) is 17.7 Å². The Kier molecular flexibility index (Phi) is 2.84. The zero-order valence-corrected chi connectivity index (χ0v) is 10.2. The number of rotatable bonds is 2. The van der Waals surface area contributed by atoms with Crippen LogP contribution in [0, 0.1) is 0 Å². The van der Waals surface area contributed by atoms with Crippen molar-refractivity contribution in [3.05, 3.63) is 28.6 Å². The first-order valence-corrected chi connectivity index (χ1v) is 6.31. The Labute approximate surface area is 94.4 Å². The van der Waals surface area contributed by atoms with E-state index < -0.39 is 0 Å². The quantitative estimate of drug-likeness (QED) is 0.719. The van der Waals surface area contributed by atoms with Crippen molar-refractivity contribution < 1.29 is 0 Å². The molecule has 0 saturated carbocycles. The van der Waals surface area contributed by atoms with Gasteiger partial charge in [-0.15, -0.1) is 24.0 Å². The number of thiol groups is 1. The van der Waals surface area contributed by atoms with Gasteiger partial charge in [0.15, 0.2) is 0 Å². The highest BCUT2D eigenvalue weighted by atomic mass is 32.1. The van der Waals surface area contributed by atoms with Crippen molar-refractivity contribution in [2.24, 2.45) is 0 Å². The van der Waals surface area contributed by atoms with Crippen molar-refractivity contribution in [3.8, 4) is 0 Å². The predicted octanol–water partition coefficient (Wildman–Crippen LogP) is 4.31. The van der Waals surface area contributed by atoms with E-state index in [2.05, 4.69) is 44.0 Å². The summed E-state index contributed by atoms with van der Waals surface area (Å²) in [6.45, 7) is 4.39. The number of thiophene rings is 1. The third kappa shape index (κ3) is 1.47. The molecule has 0 atom stereocenters. The average molecular weight is 222 g/mol. The maximum absolute atomic E-state index is 4.56. The van der Waals surface area contributed by atoms with E-state index in [1.807, 2.05) is 11.3 Å². The molecule has 0 unspecified atom stereocenters. The molecule has 0 aliphatic rings. The zero-order valence-electron chi connectivity index (χ0n) is 8.50. The summed E-state index contributed by atoms with van der Waals surface area (Å²) in [5.41, 5.74) is 2.82. The third-order valence-electron chi connectivity index (χ3n) is 2.64. The summed E-state index contributed by atoms with van der Waals surface area (Å²) in [6, 6.07) is 4.45. The van der Waals surface area contributed by atoms with Gasteiger partial charge in [0.2, 0.25) is 0 Å². The molecule has 0 nitrogen and oxygen atoms in total. The van der Waals surface area contributed by atoms with Crippen molar-refractivity contribution in [2.45, 2.75) is 31.6 Å². The van der Waals surface area contributed by atoms with E-state index in [4.69, 9.17) is 0 Å². The van der Waals surface area contributed by atoms with Crippen LogP contribution in [0.2, 0.25) is 0 Å². The zero-order chi connectivity index (χ0) is 10.1. The molecule has 74 valence electrons. The number of benzene rings is 1. The molecular formula is C12H14S2. The van der Waals surface area contributed by atoms with Crippen LogP contribution >= 0.6 is 24.0 Å². The second-order valence-corrected chi connectivity index (χ2v) is 4.80. The topological polar surface area (TPSA) is 0 Å². The molecule has 2 heteroatoms. The summed E-state index contributed by atoms with van der Waals surface area (Å²) in [7, 11) is 0. The van der Waals surface area contributed by atoms with Crippen molar-refractivity contribution in [1.82, 2.24) is 0 Å². The molecule has 0 fully saturated rings. The fourth-order valence-corrected chi connectivity index (χ4v) is 3.44. The van der Waals surface area contributed by atoms with Gasteiger partial charge < -0.3 is 0 Å². The first kappa shape index (κ1) is 10.1. The first-order chi connectivity index (χ1) is 6.77. The van der Waals surface area contributed by atoms with E-state index in [-0.39, 0.29) is 0 Å². The molecule has 14 heavy (non-hydrogen) atoms. The molecule has 0 radical (unpaired) electrons. The Hall–Kier alpha value is -0.470. The molecule has 0 amide bonds. The molecule has 0 bridgehead atoms. The average Bonchev–Trinajstić information content (AvgIpc) is 2.65. The summed E-state index contributed by atoms with van der Waals surface area (Å²) in [5, 5.41) is 3.60. The maximum atomic E-state index is 4.56. The van der Waals surface area contributed by atoms with E-state index in [1.54, 1.807) is 0 Å². The molecule has 2 rings (SSSR count). The molecule has 0 aliphatic carbocycles. The smallest absolute Gasteiger partial charge is 0.0388 e. The summed E-state index contributed by atoms with van der Waals surface area (Å²) >= 11 is 6.39. The third-order valence-corrected chi connectivity index (χ3v) is 4.01. The lowest BCUT2D eigenvalue weighted by atomic mass is 10.0. The van der Waals surface area contributed by atoms with Crippen LogP contribution < -0.4 is 0 Å². The highest BCUT2D eigenvalue weighted by Crippen LogP contribution is 2.33. The second-order valence-electron chi connectivity index (χ2n) is 3.40. The van der Waals surface area contributed by atoms with Crippen LogP contribution in [-0.4, -0.2) is 0 Å². The van der Waals surface area contributed by atoms with Gasteiger partial charge in [0, 0.05) is 9.60 Å². The van der Waals surface area contributed by atoms with Gasteiger partial charge in [-0.05, 0) is 46.9 Å². The molecule has 2 aromatic rings. The number of hydrogen-bond donors (Lipinski definition) is 1. The monoisotopic (exact) mass is 222 g/mol. The SMILES string of the molecule is CCc1cc(S)c(CC)c2sccc12. The van der Waals surface area contributed by atoms with Gasteiger partial charge in [-0.3, -0.25) is 0 Å².